The molecule has 0 unspecified atom stereocenters. The summed E-state index contributed by atoms with van der Waals surface area (Å²) in [6.07, 6.45) is 0. The lowest BCUT2D eigenvalue weighted by Crippen LogP contribution is -2.09. The van der Waals surface area contributed by atoms with Crippen LogP contribution in [0, 0.1) is 0 Å². The smallest absolute Gasteiger partial charge is 0.0467 e. The quantitative estimate of drug-likeness (QED) is 0.209. The Kier molecular flexibility index (Phi) is 6.61. The molecular weight excluding hydrogens is 494 g/mol. The maximum atomic E-state index is 2.32. The second kappa shape index (κ2) is 11.0. The average molecular weight is 524 g/mol. The third-order valence-electron chi connectivity index (χ3n) is 7.65. The van der Waals surface area contributed by atoms with Crippen LogP contribution >= 0.6 is 0 Å². The van der Waals surface area contributed by atoms with Gasteiger partial charge < -0.3 is 4.90 Å². The second-order valence-electron chi connectivity index (χ2n) is 10.2. The van der Waals surface area contributed by atoms with Gasteiger partial charge in [0.2, 0.25) is 0 Å². The van der Waals surface area contributed by atoms with Crippen molar-refractivity contribution < 1.29 is 0 Å². The van der Waals surface area contributed by atoms with Crippen LogP contribution in [-0.2, 0) is 0 Å². The third-order valence-corrected chi connectivity index (χ3v) is 7.65. The molecule has 41 heavy (non-hydrogen) atoms. The molecule has 7 rings (SSSR count). The van der Waals surface area contributed by atoms with E-state index in [-0.39, 0.29) is 0 Å². The standard InChI is InChI=1S/C40H29N/c1-3-12-30(13-4-1)34-17-10-21-38(29-34)41(36-19-5-2-6-20-36)37-26-24-31(25-27-37)33-16-9-18-35(28-33)40-23-11-15-32-14-7-8-22-39(32)40/h1-29H. The number of para-hydroxylation sites is 1. The summed E-state index contributed by atoms with van der Waals surface area (Å²) in [4.78, 5) is 2.32. The van der Waals surface area contributed by atoms with E-state index in [1.807, 2.05) is 0 Å². The van der Waals surface area contributed by atoms with Crippen molar-refractivity contribution in [1.82, 2.24) is 0 Å². The molecule has 7 aromatic carbocycles. The maximum Gasteiger partial charge on any atom is 0.0467 e. The van der Waals surface area contributed by atoms with Crippen molar-refractivity contribution in [2.24, 2.45) is 0 Å². The fraction of sp³-hybridized carbons (Fsp3) is 0. The molecule has 0 N–H and O–H groups in total. The number of nitrogens with zero attached hydrogens (tertiary/aromatic N) is 1. The van der Waals surface area contributed by atoms with Crippen LogP contribution in [0.1, 0.15) is 0 Å². The number of benzene rings is 7. The van der Waals surface area contributed by atoms with Crippen molar-refractivity contribution in [3.63, 3.8) is 0 Å². The summed E-state index contributed by atoms with van der Waals surface area (Å²) in [5.74, 6) is 0. The van der Waals surface area contributed by atoms with E-state index in [1.165, 1.54) is 44.2 Å². The van der Waals surface area contributed by atoms with Crippen LogP contribution in [0.3, 0.4) is 0 Å². The van der Waals surface area contributed by atoms with Gasteiger partial charge in [-0.05, 0) is 86.6 Å². The van der Waals surface area contributed by atoms with Gasteiger partial charge in [0.15, 0.2) is 0 Å². The first-order valence-electron chi connectivity index (χ1n) is 14.0. The minimum atomic E-state index is 1.12. The van der Waals surface area contributed by atoms with Gasteiger partial charge in [-0.15, -0.1) is 0 Å². The maximum absolute atomic E-state index is 2.32. The highest BCUT2D eigenvalue weighted by molar-refractivity contribution is 5.97. The Morgan fingerprint density at radius 1 is 0.293 bits per heavy atom. The van der Waals surface area contributed by atoms with Gasteiger partial charge in [-0.1, -0.05) is 133 Å². The molecule has 0 aliphatic heterocycles. The Hall–Kier alpha value is -5.40. The Labute approximate surface area is 241 Å². The summed E-state index contributed by atoms with van der Waals surface area (Å²) in [5, 5.41) is 2.54. The van der Waals surface area contributed by atoms with Crippen LogP contribution in [-0.4, -0.2) is 0 Å². The first-order valence-corrected chi connectivity index (χ1v) is 14.0. The van der Waals surface area contributed by atoms with Crippen molar-refractivity contribution in [1.29, 1.82) is 0 Å². The lowest BCUT2D eigenvalue weighted by molar-refractivity contribution is 1.28. The number of hydrogen-bond acceptors (Lipinski definition) is 1. The predicted octanol–water partition coefficient (Wildman–Crippen LogP) is 11.3. The summed E-state index contributed by atoms with van der Waals surface area (Å²) < 4.78 is 0. The lowest BCUT2D eigenvalue weighted by atomic mass is 9.95. The Morgan fingerprint density at radius 2 is 0.805 bits per heavy atom. The molecule has 7 aromatic rings. The molecule has 0 spiro atoms. The monoisotopic (exact) mass is 523 g/mol. The molecule has 0 aliphatic carbocycles. The van der Waals surface area contributed by atoms with E-state index in [4.69, 9.17) is 0 Å². The molecule has 0 radical (unpaired) electrons. The second-order valence-corrected chi connectivity index (χ2v) is 10.2. The molecule has 0 bridgehead atoms. The van der Waals surface area contributed by atoms with E-state index in [0.717, 1.165) is 17.1 Å². The van der Waals surface area contributed by atoms with Crippen molar-refractivity contribution in [3.05, 3.63) is 176 Å². The molecule has 0 heterocycles. The highest BCUT2D eigenvalue weighted by Gasteiger charge is 2.14. The topological polar surface area (TPSA) is 3.24 Å². The van der Waals surface area contributed by atoms with E-state index in [0.29, 0.717) is 0 Å². The molecular formula is C40H29N. The summed E-state index contributed by atoms with van der Waals surface area (Å²) >= 11 is 0. The largest absolute Gasteiger partial charge is 0.310 e. The minimum absolute atomic E-state index is 1.12. The van der Waals surface area contributed by atoms with Crippen LogP contribution in [0.25, 0.3) is 44.2 Å². The molecule has 0 aliphatic rings. The molecule has 194 valence electrons. The fourth-order valence-corrected chi connectivity index (χ4v) is 5.63. The molecule has 0 atom stereocenters. The fourth-order valence-electron chi connectivity index (χ4n) is 5.63. The first kappa shape index (κ1) is 24.6. The van der Waals surface area contributed by atoms with Crippen LogP contribution in [0.5, 0.6) is 0 Å². The lowest BCUT2D eigenvalue weighted by Gasteiger charge is -2.26. The molecule has 0 aromatic heterocycles. The molecule has 0 amide bonds. The first-order chi connectivity index (χ1) is 20.3. The van der Waals surface area contributed by atoms with E-state index < -0.39 is 0 Å². The van der Waals surface area contributed by atoms with Gasteiger partial charge in [0, 0.05) is 17.1 Å². The van der Waals surface area contributed by atoms with Gasteiger partial charge in [0.05, 0.1) is 0 Å². The zero-order valence-corrected chi connectivity index (χ0v) is 22.7. The van der Waals surface area contributed by atoms with Crippen molar-refractivity contribution in [3.8, 4) is 33.4 Å². The van der Waals surface area contributed by atoms with E-state index in [9.17, 15) is 0 Å². The van der Waals surface area contributed by atoms with Gasteiger partial charge in [-0.3, -0.25) is 0 Å². The summed E-state index contributed by atoms with van der Waals surface area (Å²) in [5.41, 5.74) is 10.7. The van der Waals surface area contributed by atoms with Gasteiger partial charge in [0.25, 0.3) is 0 Å². The summed E-state index contributed by atoms with van der Waals surface area (Å²) in [7, 11) is 0. The summed E-state index contributed by atoms with van der Waals surface area (Å²) in [6.45, 7) is 0. The zero-order chi connectivity index (χ0) is 27.4. The Bertz CT molecular complexity index is 1920. The van der Waals surface area contributed by atoms with Gasteiger partial charge >= 0.3 is 0 Å². The highest BCUT2D eigenvalue weighted by atomic mass is 15.1. The molecule has 1 heteroatoms. The number of fused-ring (bicyclic) bond motifs is 1. The van der Waals surface area contributed by atoms with Crippen LogP contribution in [0.15, 0.2) is 176 Å². The van der Waals surface area contributed by atoms with Crippen LogP contribution in [0.4, 0.5) is 17.1 Å². The van der Waals surface area contributed by atoms with Gasteiger partial charge in [-0.2, -0.15) is 0 Å². The number of anilines is 3. The number of rotatable bonds is 6. The van der Waals surface area contributed by atoms with E-state index in [2.05, 4.69) is 181 Å². The Morgan fingerprint density at radius 3 is 1.61 bits per heavy atom. The van der Waals surface area contributed by atoms with Crippen molar-refractivity contribution >= 4 is 27.8 Å². The van der Waals surface area contributed by atoms with E-state index >= 15 is 0 Å². The molecule has 0 fully saturated rings. The zero-order valence-electron chi connectivity index (χ0n) is 22.7. The van der Waals surface area contributed by atoms with E-state index in [1.54, 1.807) is 0 Å². The third kappa shape index (κ3) is 5.02. The highest BCUT2D eigenvalue weighted by Crippen LogP contribution is 2.38. The predicted molar refractivity (Wildman–Crippen MR) is 175 cm³/mol. The van der Waals surface area contributed by atoms with Crippen molar-refractivity contribution in [2.75, 3.05) is 4.90 Å². The normalized spacial score (nSPS) is 10.9. The van der Waals surface area contributed by atoms with Crippen molar-refractivity contribution in [2.45, 2.75) is 0 Å². The van der Waals surface area contributed by atoms with Gasteiger partial charge in [-0.25, -0.2) is 0 Å². The van der Waals surface area contributed by atoms with Crippen LogP contribution < -0.4 is 4.90 Å². The van der Waals surface area contributed by atoms with Gasteiger partial charge in [0.1, 0.15) is 0 Å². The number of hydrogen-bond donors (Lipinski definition) is 0. The molecule has 1 nitrogen and oxygen atoms in total. The van der Waals surface area contributed by atoms with Crippen LogP contribution in [0.2, 0.25) is 0 Å². The minimum Gasteiger partial charge on any atom is -0.310 e. The molecule has 0 saturated heterocycles. The molecule has 0 saturated carbocycles. The SMILES string of the molecule is c1ccc(-c2cccc(N(c3ccccc3)c3ccc(-c4cccc(-c5cccc6ccccc56)c4)cc3)c2)cc1. The Balaban J connectivity index is 1.26. The summed E-state index contributed by atoms with van der Waals surface area (Å²) in [6, 6.07) is 62.8. The average Bonchev–Trinajstić information content (AvgIpc) is 3.06.